The second-order valence-electron chi connectivity index (χ2n) is 9.02. The van der Waals surface area contributed by atoms with Crippen molar-refractivity contribution in [3.05, 3.63) is 29.6 Å². The molecular formula is C22H36N8O. The number of nitrogens with one attached hydrogen (secondary N) is 2. The van der Waals surface area contributed by atoms with E-state index in [1.807, 2.05) is 13.1 Å². The number of hydrogen-bond donors (Lipinski definition) is 4. The van der Waals surface area contributed by atoms with E-state index in [9.17, 15) is 4.79 Å². The van der Waals surface area contributed by atoms with Gasteiger partial charge in [0, 0.05) is 55.6 Å². The zero-order chi connectivity index (χ0) is 23.3. The van der Waals surface area contributed by atoms with Gasteiger partial charge in [0.25, 0.3) is 0 Å². The quantitative estimate of drug-likeness (QED) is 0.420. The van der Waals surface area contributed by atoms with Gasteiger partial charge in [-0.15, -0.1) is 0 Å². The molecule has 2 amide bonds. The molecule has 2 rings (SSSR count). The molecule has 0 spiro atoms. The van der Waals surface area contributed by atoms with E-state index < -0.39 is 0 Å². The van der Waals surface area contributed by atoms with Crippen LogP contribution in [-0.2, 0) is 0 Å². The second kappa shape index (κ2) is 9.80. The van der Waals surface area contributed by atoms with Crippen LogP contribution in [0.1, 0.15) is 46.1 Å². The molecule has 9 nitrogen and oxygen atoms in total. The summed E-state index contributed by atoms with van der Waals surface area (Å²) in [5, 5.41) is 10.6. The van der Waals surface area contributed by atoms with Gasteiger partial charge in [-0.1, -0.05) is 20.8 Å². The average molecular weight is 429 g/mol. The molecule has 170 valence electrons. The van der Waals surface area contributed by atoms with Crippen LogP contribution in [-0.4, -0.2) is 60.7 Å². The van der Waals surface area contributed by atoms with Gasteiger partial charge in [-0.2, -0.15) is 4.99 Å². The Morgan fingerprint density at radius 3 is 2.68 bits per heavy atom. The third kappa shape index (κ3) is 5.96. The number of carbonyl (C=O) groups is 1. The van der Waals surface area contributed by atoms with Gasteiger partial charge in [0.1, 0.15) is 11.7 Å². The Kier molecular flexibility index (Phi) is 7.65. The standard InChI is InChI=1S/C22H36N8O/c1-14-9-16(7-8-30(14)17-10-15(12-23)20(25)27-13-17)29(6)21(31)28-19(24)11-18(26-5)22(2,3)4/h10-14,16,23,26H,7-9H2,1-6H3,(H2,25,27)(H2,24,28,31)/b18-11-,23-12?/t14-,16-/m0/s1. The maximum atomic E-state index is 12.7. The fourth-order valence-corrected chi connectivity index (χ4v) is 3.83. The van der Waals surface area contributed by atoms with E-state index in [-0.39, 0.29) is 29.4 Å². The van der Waals surface area contributed by atoms with Crippen molar-refractivity contribution in [1.29, 1.82) is 5.41 Å². The van der Waals surface area contributed by atoms with Crippen LogP contribution in [0.4, 0.5) is 16.3 Å². The highest BCUT2D eigenvalue weighted by Gasteiger charge is 2.30. The second-order valence-corrected chi connectivity index (χ2v) is 9.02. The number of piperidine rings is 1. The Morgan fingerprint density at radius 1 is 1.45 bits per heavy atom. The summed E-state index contributed by atoms with van der Waals surface area (Å²) in [6.45, 7) is 9.07. The van der Waals surface area contributed by atoms with Crippen LogP contribution in [0.25, 0.3) is 0 Å². The van der Waals surface area contributed by atoms with Crippen LogP contribution >= 0.6 is 0 Å². The number of pyridine rings is 1. The maximum absolute atomic E-state index is 12.7. The van der Waals surface area contributed by atoms with Gasteiger partial charge in [0.15, 0.2) is 0 Å². The lowest BCUT2D eigenvalue weighted by molar-refractivity contribution is 0.183. The molecule has 1 aromatic rings. The maximum Gasteiger partial charge on any atom is 0.345 e. The number of rotatable bonds is 5. The van der Waals surface area contributed by atoms with Gasteiger partial charge < -0.3 is 32.0 Å². The first-order valence-corrected chi connectivity index (χ1v) is 10.5. The molecule has 1 aliphatic rings. The van der Waals surface area contributed by atoms with E-state index in [4.69, 9.17) is 16.9 Å². The molecule has 1 aromatic heterocycles. The number of hydrogen-bond acceptors (Lipinski definition) is 6. The van der Waals surface area contributed by atoms with E-state index in [0.717, 1.165) is 30.8 Å². The number of urea groups is 1. The summed E-state index contributed by atoms with van der Waals surface area (Å²) in [5.41, 5.74) is 14.2. The summed E-state index contributed by atoms with van der Waals surface area (Å²) < 4.78 is 0. The zero-order valence-electron chi connectivity index (χ0n) is 19.4. The fourth-order valence-electron chi connectivity index (χ4n) is 3.83. The molecule has 1 fully saturated rings. The molecule has 1 aliphatic heterocycles. The molecular weight excluding hydrogens is 392 g/mol. The fraction of sp³-hybridized carbons (Fsp3) is 0.545. The number of nitrogens with zero attached hydrogens (tertiary/aromatic N) is 4. The van der Waals surface area contributed by atoms with Crippen molar-refractivity contribution in [2.75, 3.05) is 31.3 Å². The lowest BCUT2D eigenvalue weighted by atomic mass is 9.91. The molecule has 1 saturated heterocycles. The molecule has 0 aromatic carbocycles. The number of aliphatic imine (C=N–C) groups is 1. The lowest BCUT2D eigenvalue weighted by Crippen LogP contribution is -2.49. The number of allylic oxidation sites excluding steroid dienone is 1. The molecule has 9 heteroatoms. The Hall–Kier alpha value is -3.10. The largest absolute Gasteiger partial charge is 0.391 e. The average Bonchev–Trinajstić information content (AvgIpc) is 2.71. The third-order valence-corrected chi connectivity index (χ3v) is 5.71. The predicted molar refractivity (Wildman–Crippen MR) is 128 cm³/mol. The molecule has 0 bridgehead atoms. The molecule has 6 N–H and O–H groups in total. The number of nitrogen functional groups attached to an aromatic ring is 1. The molecule has 0 unspecified atom stereocenters. The number of amidine groups is 1. The van der Waals surface area contributed by atoms with Gasteiger partial charge >= 0.3 is 6.03 Å². The van der Waals surface area contributed by atoms with Crippen LogP contribution < -0.4 is 21.7 Å². The van der Waals surface area contributed by atoms with Crippen molar-refractivity contribution in [2.24, 2.45) is 16.1 Å². The van der Waals surface area contributed by atoms with Crippen LogP contribution in [0.2, 0.25) is 0 Å². The van der Waals surface area contributed by atoms with Crippen molar-refractivity contribution in [3.8, 4) is 0 Å². The van der Waals surface area contributed by atoms with E-state index in [2.05, 4.69) is 47.9 Å². The van der Waals surface area contributed by atoms with E-state index in [1.54, 1.807) is 24.2 Å². The first kappa shape index (κ1) is 24.2. The summed E-state index contributed by atoms with van der Waals surface area (Å²) in [6, 6.07) is 1.79. The summed E-state index contributed by atoms with van der Waals surface area (Å²) in [6.07, 6.45) is 6.26. The van der Waals surface area contributed by atoms with Gasteiger partial charge in [0.2, 0.25) is 0 Å². The van der Waals surface area contributed by atoms with Gasteiger partial charge in [-0.05, 0) is 31.9 Å². The SMILES string of the molecule is CN/C(=C\C(N)=N/C(=O)N(C)[C@H]1CCN(c2cnc(N)c(C=N)c2)[C@@H](C)C1)C(C)(C)C. The summed E-state index contributed by atoms with van der Waals surface area (Å²) >= 11 is 0. The van der Waals surface area contributed by atoms with Crippen molar-refractivity contribution in [2.45, 2.75) is 52.6 Å². The highest BCUT2D eigenvalue weighted by Crippen LogP contribution is 2.28. The summed E-state index contributed by atoms with van der Waals surface area (Å²) in [4.78, 5) is 24.9. The first-order valence-electron chi connectivity index (χ1n) is 10.5. The van der Waals surface area contributed by atoms with Gasteiger partial charge in [-0.25, -0.2) is 9.78 Å². The van der Waals surface area contributed by atoms with Crippen molar-refractivity contribution < 1.29 is 4.79 Å². The van der Waals surface area contributed by atoms with Crippen molar-refractivity contribution in [1.82, 2.24) is 15.2 Å². The third-order valence-electron chi connectivity index (χ3n) is 5.71. The minimum absolute atomic E-state index is 0.0645. The number of amides is 2. The minimum atomic E-state index is -0.344. The predicted octanol–water partition coefficient (Wildman–Crippen LogP) is 2.58. The van der Waals surface area contributed by atoms with Crippen LogP contribution in [0.3, 0.4) is 0 Å². The molecule has 2 atom stereocenters. The monoisotopic (exact) mass is 428 g/mol. The molecule has 2 heterocycles. The van der Waals surface area contributed by atoms with Gasteiger partial charge in [0.05, 0.1) is 11.9 Å². The van der Waals surface area contributed by atoms with Gasteiger partial charge in [-0.3, -0.25) is 0 Å². The molecule has 0 radical (unpaired) electrons. The van der Waals surface area contributed by atoms with Crippen LogP contribution in [0, 0.1) is 10.8 Å². The Balaban J connectivity index is 2.08. The lowest BCUT2D eigenvalue weighted by Gasteiger charge is -2.41. The molecule has 0 aliphatic carbocycles. The number of nitrogens with two attached hydrogens (primary N) is 2. The summed E-state index contributed by atoms with van der Waals surface area (Å²) in [5.74, 6) is 0.540. The van der Waals surface area contributed by atoms with Crippen molar-refractivity contribution >= 4 is 29.6 Å². The number of anilines is 2. The zero-order valence-corrected chi connectivity index (χ0v) is 19.4. The summed E-state index contributed by atoms with van der Waals surface area (Å²) in [7, 11) is 3.60. The van der Waals surface area contributed by atoms with Crippen LogP contribution in [0.5, 0.6) is 0 Å². The van der Waals surface area contributed by atoms with E-state index >= 15 is 0 Å². The van der Waals surface area contributed by atoms with E-state index in [0.29, 0.717) is 11.4 Å². The minimum Gasteiger partial charge on any atom is -0.391 e. The van der Waals surface area contributed by atoms with Crippen LogP contribution in [0.15, 0.2) is 29.0 Å². The topological polar surface area (TPSA) is 137 Å². The smallest absolute Gasteiger partial charge is 0.345 e. The number of carbonyl (C=O) groups excluding carboxylic acids is 1. The van der Waals surface area contributed by atoms with E-state index in [1.165, 1.54) is 6.21 Å². The van der Waals surface area contributed by atoms with Crippen molar-refractivity contribution in [3.63, 3.8) is 0 Å². The highest BCUT2D eigenvalue weighted by atomic mass is 16.2. The Bertz CT molecular complexity index is 871. The molecule has 0 saturated carbocycles. The Labute approximate surface area is 185 Å². The first-order chi connectivity index (χ1) is 14.5. The normalized spacial score (nSPS) is 20.4. The highest BCUT2D eigenvalue weighted by molar-refractivity contribution is 6.00. The molecule has 31 heavy (non-hydrogen) atoms. The number of aromatic nitrogens is 1. The Morgan fingerprint density at radius 2 is 2.13 bits per heavy atom.